The summed E-state index contributed by atoms with van der Waals surface area (Å²) in [6, 6.07) is 8.29. The third kappa shape index (κ3) is 6.04. The molecular weight excluding hydrogens is 360 g/mol. The summed E-state index contributed by atoms with van der Waals surface area (Å²) in [4.78, 5) is 11.4. The van der Waals surface area contributed by atoms with Crippen LogP contribution in [0.4, 0.5) is 13.2 Å². The van der Waals surface area contributed by atoms with Crippen LogP contribution in [0.5, 0.6) is 0 Å². The largest absolute Gasteiger partial charge is 0.462 e. The second kappa shape index (κ2) is 6.77. The van der Waals surface area contributed by atoms with Crippen molar-refractivity contribution >= 4 is 28.6 Å². The Balaban J connectivity index is 2.39. The summed E-state index contributed by atoms with van der Waals surface area (Å²) in [5.41, 5.74) is 0.382. The van der Waals surface area contributed by atoms with Gasteiger partial charge < -0.3 is 4.74 Å². The Labute approximate surface area is 116 Å². The van der Waals surface area contributed by atoms with Crippen molar-refractivity contribution in [3.8, 4) is 0 Å². The van der Waals surface area contributed by atoms with E-state index in [1.807, 2.05) is 0 Å². The number of hydrogen-bond donors (Lipinski definition) is 0. The summed E-state index contributed by atoms with van der Waals surface area (Å²) >= 11 is 1.58. The van der Waals surface area contributed by atoms with Crippen LogP contribution in [-0.2, 0) is 4.74 Å². The van der Waals surface area contributed by atoms with Gasteiger partial charge in [-0.2, -0.15) is 13.2 Å². The van der Waals surface area contributed by atoms with Crippen LogP contribution < -0.4 is 0 Å². The lowest BCUT2D eigenvalue weighted by molar-refractivity contribution is -0.0801. The van der Waals surface area contributed by atoms with Gasteiger partial charge in [0, 0.05) is 12.5 Å². The molecule has 0 saturated heterocycles. The number of carbonyl (C=O) groups excluding carboxylic acids is 1. The fourth-order valence-electron chi connectivity index (χ4n) is 1.15. The van der Waals surface area contributed by atoms with Gasteiger partial charge in [-0.05, 0) is 38.3 Å². The molecule has 0 saturated carbocycles. The first-order chi connectivity index (χ1) is 8.38. The minimum atomic E-state index is -4.33. The average molecular weight is 370 g/mol. The van der Waals surface area contributed by atoms with Crippen molar-refractivity contribution in [2.24, 2.45) is 0 Å². The predicted molar refractivity (Wildman–Crippen MR) is 69.5 cm³/mol. The summed E-state index contributed by atoms with van der Waals surface area (Å²) in [7, 11) is 0. The molecule has 0 aromatic heterocycles. The van der Waals surface area contributed by atoms with Crippen molar-refractivity contribution in [3.63, 3.8) is 0 Å². The molecule has 1 aromatic rings. The van der Waals surface area contributed by atoms with Crippen LogP contribution in [0.3, 0.4) is 0 Å². The normalized spacial score (nSPS) is 12.3. The topological polar surface area (TPSA) is 26.3 Å². The Morgan fingerprint density at radius 3 is 2.44 bits per heavy atom. The van der Waals surface area contributed by atoms with Crippen molar-refractivity contribution in [2.45, 2.75) is 12.6 Å². The molecule has 1 rings (SSSR count). The van der Waals surface area contributed by atoms with Gasteiger partial charge in [0.2, 0.25) is 0 Å². The van der Waals surface area contributed by atoms with Crippen LogP contribution in [-0.4, -0.2) is 18.8 Å². The lowest BCUT2D eigenvalue weighted by Gasteiger charge is -2.05. The van der Waals surface area contributed by atoms with Crippen LogP contribution >= 0.6 is 22.6 Å². The first-order valence-electron chi connectivity index (χ1n) is 5.04. The highest BCUT2D eigenvalue weighted by molar-refractivity contribution is 14.1. The molecule has 0 spiro atoms. The average Bonchev–Trinajstić information content (AvgIpc) is 2.27. The highest BCUT2D eigenvalue weighted by Gasteiger charge is 2.23. The standard InChI is InChI=1S/C12H10F3IO2/c13-12(14,15)8-10(16)6-7-18-11(17)9-4-2-1-3-5-9/h1-5,8H,6-7H2/b10-8-. The fourth-order valence-corrected chi connectivity index (χ4v) is 1.72. The van der Waals surface area contributed by atoms with Gasteiger partial charge in [0.25, 0.3) is 0 Å². The summed E-state index contributed by atoms with van der Waals surface area (Å²) in [6.07, 6.45) is -4.08. The quantitative estimate of drug-likeness (QED) is 0.589. The Hall–Kier alpha value is -1.05. The molecule has 98 valence electrons. The molecule has 0 aliphatic heterocycles. The third-order valence-corrected chi connectivity index (χ3v) is 2.75. The maximum absolute atomic E-state index is 12.0. The van der Waals surface area contributed by atoms with Crippen LogP contribution in [0.15, 0.2) is 40.0 Å². The predicted octanol–water partition coefficient (Wildman–Crippen LogP) is 4.11. The molecule has 0 fully saturated rings. The van der Waals surface area contributed by atoms with Crippen molar-refractivity contribution in [1.82, 2.24) is 0 Å². The molecule has 0 amide bonds. The maximum Gasteiger partial charge on any atom is 0.410 e. The van der Waals surface area contributed by atoms with E-state index in [2.05, 4.69) is 0 Å². The number of benzene rings is 1. The SMILES string of the molecule is O=C(OCC/C(I)=C/C(F)(F)F)c1ccccc1. The zero-order chi connectivity index (χ0) is 13.6. The van der Waals surface area contributed by atoms with Crippen molar-refractivity contribution in [1.29, 1.82) is 0 Å². The molecule has 0 N–H and O–H groups in total. The molecule has 0 heterocycles. The van der Waals surface area contributed by atoms with Crippen molar-refractivity contribution < 1.29 is 22.7 Å². The zero-order valence-corrected chi connectivity index (χ0v) is 11.4. The molecular formula is C12H10F3IO2. The Morgan fingerprint density at radius 2 is 1.89 bits per heavy atom. The smallest absolute Gasteiger partial charge is 0.410 e. The highest BCUT2D eigenvalue weighted by Crippen LogP contribution is 2.23. The van der Waals surface area contributed by atoms with Gasteiger partial charge in [-0.1, -0.05) is 18.2 Å². The monoisotopic (exact) mass is 370 g/mol. The summed E-state index contributed by atoms with van der Waals surface area (Å²) in [5, 5.41) is 0. The molecule has 0 bridgehead atoms. The Bertz CT molecular complexity index is 427. The second-order valence-corrected chi connectivity index (χ2v) is 4.77. The molecule has 0 unspecified atom stereocenters. The van der Waals surface area contributed by atoms with E-state index in [0.717, 1.165) is 0 Å². The lowest BCUT2D eigenvalue weighted by atomic mass is 10.2. The summed E-state index contributed by atoms with van der Waals surface area (Å²) in [6.45, 7) is -0.0709. The second-order valence-electron chi connectivity index (χ2n) is 3.38. The Kier molecular flexibility index (Phi) is 5.64. The van der Waals surface area contributed by atoms with E-state index in [0.29, 0.717) is 5.56 Å². The van der Waals surface area contributed by atoms with Gasteiger partial charge in [0.15, 0.2) is 0 Å². The molecule has 0 atom stereocenters. The van der Waals surface area contributed by atoms with Gasteiger partial charge in [-0.3, -0.25) is 0 Å². The number of alkyl halides is 3. The van der Waals surface area contributed by atoms with Crippen LogP contribution in [0.1, 0.15) is 16.8 Å². The highest BCUT2D eigenvalue weighted by atomic mass is 127. The van der Waals surface area contributed by atoms with Crippen molar-refractivity contribution in [3.05, 3.63) is 45.6 Å². The molecule has 0 radical (unpaired) electrons. The number of halogens is 4. The first kappa shape index (κ1) is 15.0. The van der Waals surface area contributed by atoms with E-state index in [9.17, 15) is 18.0 Å². The molecule has 18 heavy (non-hydrogen) atoms. The number of rotatable bonds is 4. The van der Waals surface area contributed by atoms with E-state index < -0.39 is 12.1 Å². The minimum absolute atomic E-state index is 0.0542. The van der Waals surface area contributed by atoms with Crippen molar-refractivity contribution in [2.75, 3.05) is 6.61 Å². The molecule has 6 heteroatoms. The van der Waals surface area contributed by atoms with Crippen LogP contribution in [0, 0.1) is 0 Å². The van der Waals surface area contributed by atoms with Crippen LogP contribution in [0.25, 0.3) is 0 Å². The minimum Gasteiger partial charge on any atom is -0.462 e. The van der Waals surface area contributed by atoms with E-state index >= 15 is 0 Å². The van der Waals surface area contributed by atoms with Gasteiger partial charge in [-0.25, -0.2) is 4.79 Å². The number of esters is 1. The number of allylic oxidation sites excluding steroid dienone is 1. The first-order valence-corrected chi connectivity index (χ1v) is 6.12. The third-order valence-electron chi connectivity index (χ3n) is 1.90. The fraction of sp³-hybridized carbons (Fsp3) is 0.250. The molecule has 0 aliphatic carbocycles. The number of hydrogen-bond acceptors (Lipinski definition) is 2. The van der Waals surface area contributed by atoms with Gasteiger partial charge in [0.1, 0.15) is 0 Å². The molecule has 2 nitrogen and oxygen atoms in total. The number of carbonyl (C=O) groups is 1. The summed E-state index contributed by atoms with van der Waals surface area (Å²) in [5.74, 6) is -0.535. The molecule has 1 aromatic carbocycles. The van der Waals surface area contributed by atoms with Gasteiger partial charge in [0.05, 0.1) is 12.2 Å². The van der Waals surface area contributed by atoms with E-state index in [-0.39, 0.29) is 22.7 Å². The maximum atomic E-state index is 12.0. The zero-order valence-electron chi connectivity index (χ0n) is 9.21. The van der Waals surface area contributed by atoms with E-state index in [1.165, 1.54) is 0 Å². The van der Waals surface area contributed by atoms with Gasteiger partial charge in [-0.15, -0.1) is 0 Å². The van der Waals surface area contributed by atoms with Crippen LogP contribution in [0.2, 0.25) is 0 Å². The lowest BCUT2D eigenvalue weighted by Crippen LogP contribution is -2.07. The number of ether oxygens (including phenoxy) is 1. The summed E-state index contributed by atoms with van der Waals surface area (Å²) < 4.78 is 40.9. The molecule has 0 aliphatic rings. The van der Waals surface area contributed by atoms with Gasteiger partial charge >= 0.3 is 12.1 Å². The Morgan fingerprint density at radius 1 is 1.28 bits per heavy atom. The van der Waals surface area contributed by atoms with E-state index in [1.54, 1.807) is 52.9 Å². The van der Waals surface area contributed by atoms with E-state index in [4.69, 9.17) is 4.74 Å².